The van der Waals surface area contributed by atoms with Crippen LogP contribution in [0.5, 0.6) is 0 Å². The first-order chi connectivity index (χ1) is 34.5. The molecular weight excluding hydrogens is 865 g/mol. The second kappa shape index (κ2) is 59.2. The van der Waals surface area contributed by atoms with E-state index in [4.69, 9.17) is 14.2 Å². The summed E-state index contributed by atoms with van der Waals surface area (Å²) in [6, 6.07) is 0. The maximum absolute atomic E-state index is 12.9. The molecule has 1 atom stereocenters. The monoisotopic (exact) mass is 983 g/mol. The van der Waals surface area contributed by atoms with Gasteiger partial charge >= 0.3 is 17.9 Å². The van der Waals surface area contributed by atoms with Gasteiger partial charge in [-0.25, -0.2) is 0 Å². The molecule has 70 heavy (non-hydrogen) atoms. The zero-order valence-electron chi connectivity index (χ0n) is 47.1. The van der Waals surface area contributed by atoms with Gasteiger partial charge in [-0.1, -0.05) is 256 Å². The third kappa shape index (κ3) is 56.5. The molecule has 0 aromatic heterocycles. The van der Waals surface area contributed by atoms with Gasteiger partial charge in [0.05, 0.1) is 0 Å². The molecule has 0 aromatic rings. The van der Waals surface area contributed by atoms with Crippen LogP contribution in [-0.2, 0) is 28.6 Å². The predicted octanol–water partition coefficient (Wildman–Crippen LogP) is 20.8. The average molecular weight is 984 g/mol. The predicted molar refractivity (Wildman–Crippen MR) is 302 cm³/mol. The molecule has 410 valence electrons. The normalized spacial score (nSPS) is 12.2. The molecule has 0 radical (unpaired) electrons. The van der Waals surface area contributed by atoms with Gasteiger partial charge in [-0.3, -0.25) is 14.4 Å². The van der Waals surface area contributed by atoms with Crippen LogP contribution in [-0.4, -0.2) is 37.2 Å². The molecule has 0 aromatic carbocycles. The number of hydrogen-bond acceptors (Lipinski definition) is 6. The molecule has 0 rings (SSSR count). The van der Waals surface area contributed by atoms with Crippen LogP contribution in [0.2, 0.25) is 0 Å². The van der Waals surface area contributed by atoms with Gasteiger partial charge in [0.15, 0.2) is 6.10 Å². The van der Waals surface area contributed by atoms with Gasteiger partial charge in [-0.05, 0) is 96.3 Å². The van der Waals surface area contributed by atoms with Crippen LogP contribution in [0.4, 0.5) is 0 Å². The average Bonchev–Trinajstić information content (AvgIpc) is 3.36. The molecule has 0 N–H and O–H groups in total. The Balaban J connectivity index is 4.35. The summed E-state index contributed by atoms with van der Waals surface area (Å²) in [6.07, 6.45) is 71.4. The first-order valence-electron chi connectivity index (χ1n) is 31.0. The van der Waals surface area contributed by atoms with Crippen LogP contribution in [0.1, 0.15) is 335 Å². The van der Waals surface area contributed by atoms with Gasteiger partial charge in [0.2, 0.25) is 0 Å². The van der Waals surface area contributed by atoms with Crippen LogP contribution in [0.3, 0.4) is 0 Å². The van der Waals surface area contributed by atoms with Gasteiger partial charge < -0.3 is 14.2 Å². The van der Waals surface area contributed by atoms with Gasteiger partial charge in [0.1, 0.15) is 13.2 Å². The van der Waals surface area contributed by atoms with E-state index < -0.39 is 6.10 Å². The maximum atomic E-state index is 12.9. The summed E-state index contributed by atoms with van der Waals surface area (Å²) in [5.74, 6) is -0.870. The number of esters is 3. The Labute approximate surface area is 435 Å². The molecule has 0 heterocycles. The lowest BCUT2D eigenvalue weighted by atomic mass is 10.1. The molecule has 0 bridgehead atoms. The van der Waals surface area contributed by atoms with Crippen molar-refractivity contribution in [1.29, 1.82) is 0 Å². The highest BCUT2D eigenvalue weighted by atomic mass is 16.6. The number of carbonyl (C=O) groups excluding carboxylic acids is 3. The summed E-state index contributed by atoms with van der Waals surface area (Å²) in [5.41, 5.74) is 0. The lowest BCUT2D eigenvalue weighted by Gasteiger charge is -2.18. The summed E-state index contributed by atoms with van der Waals surface area (Å²) < 4.78 is 16.9. The zero-order chi connectivity index (χ0) is 50.7. The van der Waals surface area contributed by atoms with E-state index in [1.807, 2.05) is 0 Å². The van der Waals surface area contributed by atoms with E-state index in [0.29, 0.717) is 19.3 Å². The fourth-order valence-corrected chi connectivity index (χ4v) is 9.13. The van der Waals surface area contributed by atoms with E-state index in [2.05, 4.69) is 57.2 Å². The minimum Gasteiger partial charge on any atom is -0.462 e. The van der Waals surface area contributed by atoms with Crippen LogP contribution in [0, 0.1) is 0 Å². The Morgan fingerprint density at radius 2 is 0.471 bits per heavy atom. The Hall–Kier alpha value is -2.37. The molecule has 1 unspecified atom stereocenters. The summed E-state index contributed by atoms with van der Waals surface area (Å²) in [4.78, 5) is 38.3. The molecule has 0 fully saturated rings. The van der Waals surface area contributed by atoms with Crippen molar-refractivity contribution in [2.24, 2.45) is 0 Å². The number of ether oxygens (including phenoxy) is 3. The van der Waals surface area contributed by atoms with Crippen molar-refractivity contribution in [2.45, 2.75) is 341 Å². The van der Waals surface area contributed by atoms with E-state index in [1.165, 1.54) is 231 Å². The second-order valence-corrected chi connectivity index (χ2v) is 21.0. The van der Waals surface area contributed by atoms with Crippen molar-refractivity contribution >= 4 is 17.9 Å². The minimum absolute atomic E-state index is 0.0749. The SMILES string of the molecule is CCCCCCCC/C=C\CCCCCCCCCCCC(=O)OCC(COC(=O)CCCCCCC/C=C\CCCCCCCC)OC(=O)CCCCCCCCC/C=C\CCCCCCCCC. The highest BCUT2D eigenvalue weighted by Gasteiger charge is 2.19. The molecular formula is C64H118O6. The van der Waals surface area contributed by atoms with Crippen LogP contribution in [0.15, 0.2) is 36.5 Å². The molecule has 0 amide bonds. The van der Waals surface area contributed by atoms with Crippen LogP contribution < -0.4 is 0 Å². The molecule has 6 nitrogen and oxygen atoms in total. The first kappa shape index (κ1) is 67.6. The van der Waals surface area contributed by atoms with Crippen molar-refractivity contribution in [2.75, 3.05) is 13.2 Å². The fraction of sp³-hybridized carbons (Fsp3) is 0.859. The molecule has 6 heteroatoms. The van der Waals surface area contributed by atoms with E-state index in [0.717, 1.165) is 64.2 Å². The summed E-state index contributed by atoms with van der Waals surface area (Å²) in [6.45, 7) is 6.67. The third-order valence-electron chi connectivity index (χ3n) is 13.8. The lowest BCUT2D eigenvalue weighted by molar-refractivity contribution is -0.167. The first-order valence-corrected chi connectivity index (χ1v) is 31.0. The van der Waals surface area contributed by atoms with Crippen molar-refractivity contribution in [3.05, 3.63) is 36.5 Å². The van der Waals surface area contributed by atoms with Gasteiger partial charge in [0.25, 0.3) is 0 Å². The molecule has 0 aliphatic rings. The zero-order valence-corrected chi connectivity index (χ0v) is 47.1. The second-order valence-electron chi connectivity index (χ2n) is 21.0. The van der Waals surface area contributed by atoms with Crippen molar-refractivity contribution < 1.29 is 28.6 Å². The van der Waals surface area contributed by atoms with E-state index in [1.54, 1.807) is 0 Å². The number of allylic oxidation sites excluding steroid dienone is 6. The molecule has 0 saturated heterocycles. The number of hydrogen-bond donors (Lipinski definition) is 0. The van der Waals surface area contributed by atoms with E-state index in [9.17, 15) is 14.4 Å². The number of carbonyl (C=O) groups is 3. The Bertz CT molecular complexity index is 1170. The molecule has 0 aliphatic carbocycles. The summed E-state index contributed by atoms with van der Waals surface area (Å²) in [7, 11) is 0. The van der Waals surface area contributed by atoms with E-state index >= 15 is 0 Å². The highest BCUT2D eigenvalue weighted by molar-refractivity contribution is 5.71. The summed E-state index contributed by atoms with van der Waals surface area (Å²) >= 11 is 0. The smallest absolute Gasteiger partial charge is 0.306 e. The van der Waals surface area contributed by atoms with Crippen LogP contribution in [0.25, 0.3) is 0 Å². The van der Waals surface area contributed by atoms with Crippen molar-refractivity contribution in [3.8, 4) is 0 Å². The topological polar surface area (TPSA) is 78.9 Å². The van der Waals surface area contributed by atoms with Crippen molar-refractivity contribution in [1.82, 2.24) is 0 Å². The van der Waals surface area contributed by atoms with Gasteiger partial charge in [0, 0.05) is 19.3 Å². The quantitative estimate of drug-likeness (QED) is 0.0261. The molecule has 0 spiro atoms. The largest absolute Gasteiger partial charge is 0.462 e. The summed E-state index contributed by atoms with van der Waals surface area (Å²) in [5, 5.41) is 0. The lowest BCUT2D eigenvalue weighted by Crippen LogP contribution is -2.30. The maximum Gasteiger partial charge on any atom is 0.306 e. The highest BCUT2D eigenvalue weighted by Crippen LogP contribution is 2.16. The molecule has 0 saturated carbocycles. The Morgan fingerprint density at radius 1 is 0.271 bits per heavy atom. The number of unbranched alkanes of at least 4 members (excludes halogenated alkanes) is 40. The Kier molecular flexibility index (Phi) is 57.2. The number of rotatable bonds is 57. The van der Waals surface area contributed by atoms with Crippen LogP contribution >= 0.6 is 0 Å². The van der Waals surface area contributed by atoms with Gasteiger partial charge in [-0.15, -0.1) is 0 Å². The van der Waals surface area contributed by atoms with Crippen molar-refractivity contribution in [3.63, 3.8) is 0 Å². The Morgan fingerprint density at radius 3 is 0.714 bits per heavy atom. The van der Waals surface area contributed by atoms with Gasteiger partial charge in [-0.2, -0.15) is 0 Å². The fourth-order valence-electron chi connectivity index (χ4n) is 9.13. The van der Waals surface area contributed by atoms with E-state index in [-0.39, 0.29) is 31.1 Å². The minimum atomic E-state index is -0.778. The molecule has 0 aliphatic heterocycles. The standard InChI is InChI=1S/C64H118O6/c1-4-7-10-13-16-19-22-25-28-30-32-34-36-39-42-45-48-51-54-57-63(66)69-60-61(59-68-62(65)56-53-50-47-44-41-38-35-27-24-21-18-15-12-9-6-3)70-64(67)58-55-52-49-46-43-40-37-33-31-29-26-23-20-17-14-11-8-5-2/h25,27-29,31,35,61H,4-24,26,30,32-34,36-60H2,1-3H3/b28-25-,31-29-,35-27-. The third-order valence-corrected chi connectivity index (χ3v) is 13.8.